The van der Waals surface area contributed by atoms with Gasteiger partial charge < -0.3 is 10.3 Å². The molecule has 2 aromatic rings. The van der Waals surface area contributed by atoms with Gasteiger partial charge in [0.25, 0.3) is 0 Å². The number of nitrogens with zero attached hydrogens (tertiary/aromatic N) is 1. The second kappa shape index (κ2) is 6.52. The quantitative estimate of drug-likeness (QED) is 0.888. The summed E-state index contributed by atoms with van der Waals surface area (Å²) >= 11 is 3.37. The zero-order chi connectivity index (χ0) is 13.7. The summed E-state index contributed by atoms with van der Waals surface area (Å²) in [6, 6.07) is 7.77. The van der Waals surface area contributed by atoms with Crippen LogP contribution in [-0.4, -0.2) is 22.4 Å². The lowest BCUT2D eigenvalue weighted by molar-refractivity contribution is -0.120. The van der Waals surface area contributed by atoms with Crippen LogP contribution in [0.4, 0.5) is 0 Å². The molecule has 0 saturated carbocycles. The zero-order valence-corrected chi connectivity index (χ0v) is 12.3. The Bertz CT molecular complexity index is 548. The maximum atomic E-state index is 11.7. The molecular formula is C14H16BrN3O. The summed E-state index contributed by atoms with van der Waals surface area (Å²) in [4.78, 5) is 19.0. The van der Waals surface area contributed by atoms with E-state index in [1.807, 2.05) is 31.2 Å². The number of rotatable bonds is 5. The third-order valence-electron chi connectivity index (χ3n) is 2.75. The largest absolute Gasteiger partial charge is 0.355 e. The van der Waals surface area contributed by atoms with Crippen molar-refractivity contribution in [2.24, 2.45) is 0 Å². The third-order valence-corrected chi connectivity index (χ3v) is 3.28. The first-order valence-electron chi connectivity index (χ1n) is 6.15. The Labute approximate surface area is 120 Å². The molecule has 2 rings (SSSR count). The number of aryl methyl sites for hydroxylation is 1. The smallest absolute Gasteiger partial charge is 0.224 e. The van der Waals surface area contributed by atoms with Gasteiger partial charge in [0.2, 0.25) is 5.91 Å². The molecule has 5 heteroatoms. The van der Waals surface area contributed by atoms with E-state index in [2.05, 4.69) is 31.2 Å². The van der Waals surface area contributed by atoms with Crippen molar-refractivity contribution in [2.45, 2.75) is 19.8 Å². The van der Waals surface area contributed by atoms with E-state index in [9.17, 15) is 4.79 Å². The van der Waals surface area contributed by atoms with Crippen LogP contribution in [0.1, 0.15) is 17.1 Å². The van der Waals surface area contributed by atoms with Crippen molar-refractivity contribution in [3.63, 3.8) is 0 Å². The van der Waals surface area contributed by atoms with Crippen LogP contribution in [0, 0.1) is 6.92 Å². The van der Waals surface area contributed by atoms with Gasteiger partial charge in [-0.15, -0.1) is 0 Å². The molecule has 0 saturated heterocycles. The van der Waals surface area contributed by atoms with Gasteiger partial charge in [-0.05, 0) is 24.6 Å². The molecule has 0 atom stereocenters. The Morgan fingerprint density at radius 1 is 1.37 bits per heavy atom. The summed E-state index contributed by atoms with van der Waals surface area (Å²) in [5.74, 6) is 0.940. The van der Waals surface area contributed by atoms with Crippen LogP contribution in [0.25, 0.3) is 0 Å². The Balaban J connectivity index is 1.74. The van der Waals surface area contributed by atoms with Crippen molar-refractivity contribution in [3.8, 4) is 0 Å². The van der Waals surface area contributed by atoms with Crippen LogP contribution >= 0.6 is 15.9 Å². The number of nitrogens with one attached hydrogen (secondary N) is 2. The lowest BCUT2D eigenvalue weighted by Crippen LogP contribution is -2.27. The standard InChI is InChI=1S/C14H16BrN3O/c1-10-17-9-13(18-10)6-7-16-14(19)8-11-2-4-12(15)5-3-11/h2-5,9H,6-8H2,1H3,(H,16,19)(H,17,18). The molecule has 0 radical (unpaired) electrons. The fourth-order valence-electron chi connectivity index (χ4n) is 1.79. The summed E-state index contributed by atoms with van der Waals surface area (Å²) in [5.41, 5.74) is 2.06. The molecule has 0 fully saturated rings. The lowest BCUT2D eigenvalue weighted by atomic mass is 10.1. The number of amides is 1. The van der Waals surface area contributed by atoms with Gasteiger partial charge in [-0.25, -0.2) is 4.98 Å². The van der Waals surface area contributed by atoms with Crippen molar-refractivity contribution >= 4 is 21.8 Å². The first-order chi connectivity index (χ1) is 9.13. The number of carbonyl (C=O) groups is 1. The number of carbonyl (C=O) groups excluding carboxylic acids is 1. The molecule has 1 amide bonds. The molecule has 0 spiro atoms. The first kappa shape index (κ1) is 13.8. The van der Waals surface area contributed by atoms with Crippen LogP contribution < -0.4 is 5.32 Å². The molecule has 100 valence electrons. The fourth-order valence-corrected chi connectivity index (χ4v) is 2.05. The van der Waals surface area contributed by atoms with E-state index in [0.717, 1.165) is 28.0 Å². The average Bonchev–Trinajstić information content (AvgIpc) is 2.78. The molecule has 1 aromatic carbocycles. The van der Waals surface area contributed by atoms with Gasteiger partial charge in [0.1, 0.15) is 5.82 Å². The van der Waals surface area contributed by atoms with Gasteiger partial charge in [-0.1, -0.05) is 28.1 Å². The Hall–Kier alpha value is -1.62. The fraction of sp³-hybridized carbons (Fsp3) is 0.286. The topological polar surface area (TPSA) is 57.8 Å². The molecule has 1 aromatic heterocycles. The number of benzene rings is 1. The summed E-state index contributed by atoms with van der Waals surface area (Å²) < 4.78 is 1.02. The number of aromatic nitrogens is 2. The molecule has 0 unspecified atom stereocenters. The number of imidazole rings is 1. The van der Waals surface area contributed by atoms with Gasteiger partial charge in [-0.2, -0.15) is 0 Å². The van der Waals surface area contributed by atoms with Gasteiger partial charge in [0, 0.05) is 29.3 Å². The van der Waals surface area contributed by atoms with Crippen molar-refractivity contribution in [1.82, 2.24) is 15.3 Å². The van der Waals surface area contributed by atoms with Crippen LogP contribution in [0.2, 0.25) is 0 Å². The van der Waals surface area contributed by atoms with Crippen molar-refractivity contribution in [1.29, 1.82) is 0 Å². The number of hydrogen-bond acceptors (Lipinski definition) is 2. The minimum Gasteiger partial charge on any atom is -0.355 e. The summed E-state index contributed by atoms with van der Waals surface area (Å²) in [6.45, 7) is 2.53. The SMILES string of the molecule is Cc1ncc(CCNC(=O)Cc2ccc(Br)cc2)[nH]1. The maximum absolute atomic E-state index is 11.7. The predicted octanol–water partition coefficient (Wildman–Crippen LogP) is 2.38. The minimum absolute atomic E-state index is 0.0403. The van der Waals surface area contributed by atoms with Crippen molar-refractivity contribution < 1.29 is 4.79 Å². The Morgan fingerprint density at radius 2 is 2.11 bits per heavy atom. The van der Waals surface area contributed by atoms with E-state index in [-0.39, 0.29) is 5.91 Å². The molecule has 0 aliphatic carbocycles. The number of halogens is 1. The van der Waals surface area contributed by atoms with E-state index in [1.54, 1.807) is 6.20 Å². The molecule has 1 heterocycles. The number of aromatic amines is 1. The lowest BCUT2D eigenvalue weighted by Gasteiger charge is -2.04. The van der Waals surface area contributed by atoms with E-state index < -0.39 is 0 Å². The third kappa shape index (κ3) is 4.52. The molecule has 0 aliphatic heterocycles. The van der Waals surface area contributed by atoms with Gasteiger partial charge in [0.05, 0.1) is 6.42 Å². The normalized spacial score (nSPS) is 10.4. The summed E-state index contributed by atoms with van der Waals surface area (Å²) in [6.07, 6.45) is 2.98. The number of H-pyrrole nitrogens is 1. The van der Waals surface area contributed by atoms with Crippen LogP contribution in [0.5, 0.6) is 0 Å². The highest BCUT2D eigenvalue weighted by atomic mass is 79.9. The van der Waals surface area contributed by atoms with E-state index in [1.165, 1.54) is 0 Å². The average molecular weight is 322 g/mol. The Kier molecular flexibility index (Phi) is 4.74. The van der Waals surface area contributed by atoms with E-state index in [0.29, 0.717) is 13.0 Å². The molecule has 0 aliphatic rings. The van der Waals surface area contributed by atoms with Crippen molar-refractivity contribution in [3.05, 3.63) is 52.0 Å². The number of hydrogen-bond donors (Lipinski definition) is 2. The van der Waals surface area contributed by atoms with Gasteiger partial charge in [-0.3, -0.25) is 4.79 Å². The molecule has 19 heavy (non-hydrogen) atoms. The van der Waals surface area contributed by atoms with E-state index >= 15 is 0 Å². The summed E-state index contributed by atoms with van der Waals surface area (Å²) in [5, 5.41) is 2.91. The minimum atomic E-state index is 0.0403. The molecule has 0 bridgehead atoms. The van der Waals surface area contributed by atoms with Crippen LogP contribution in [-0.2, 0) is 17.6 Å². The zero-order valence-electron chi connectivity index (χ0n) is 10.7. The highest BCUT2D eigenvalue weighted by Gasteiger charge is 2.03. The van der Waals surface area contributed by atoms with Crippen molar-refractivity contribution in [2.75, 3.05) is 6.54 Å². The van der Waals surface area contributed by atoms with Gasteiger partial charge in [0.15, 0.2) is 0 Å². The van der Waals surface area contributed by atoms with Crippen LogP contribution in [0.15, 0.2) is 34.9 Å². The second-order valence-corrected chi connectivity index (χ2v) is 5.31. The summed E-state index contributed by atoms with van der Waals surface area (Å²) in [7, 11) is 0. The molecule has 4 nitrogen and oxygen atoms in total. The van der Waals surface area contributed by atoms with E-state index in [4.69, 9.17) is 0 Å². The van der Waals surface area contributed by atoms with Gasteiger partial charge >= 0.3 is 0 Å². The predicted molar refractivity (Wildman–Crippen MR) is 77.9 cm³/mol. The highest BCUT2D eigenvalue weighted by molar-refractivity contribution is 9.10. The highest BCUT2D eigenvalue weighted by Crippen LogP contribution is 2.10. The Morgan fingerprint density at radius 3 is 2.74 bits per heavy atom. The van der Waals surface area contributed by atoms with Crippen LogP contribution in [0.3, 0.4) is 0 Å². The second-order valence-electron chi connectivity index (χ2n) is 4.40. The first-order valence-corrected chi connectivity index (χ1v) is 6.94. The molecule has 2 N–H and O–H groups in total. The molecular weight excluding hydrogens is 306 g/mol. The monoisotopic (exact) mass is 321 g/mol. The maximum Gasteiger partial charge on any atom is 0.224 e.